The summed E-state index contributed by atoms with van der Waals surface area (Å²) in [4.78, 5) is 15.0. The van der Waals surface area contributed by atoms with Crippen LogP contribution in [0.5, 0.6) is 0 Å². The first-order chi connectivity index (χ1) is 9.77. The fourth-order valence-electron chi connectivity index (χ4n) is 3.32. The van der Waals surface area contributed by atoms with Crippen molar-refractivity contribution in [2.45, 2.75) is 32.1 Å². The van der Waals surface area contributed by atoms with Crippen LogP contribution in [0.15, 0.2) is 0 Å². The molecule has 2 rings (SSSR count). The third-order valence-electron chi connectivity index (χ3n) is 4.60. The maximum Gasteiger partial charge on any atom is 0.228 e. The highest BCUT2D eigenvalue weighted by Crippen LogP contribution is 2.29. The van der Waals surface area contributed by atoms with Gasteiger partial charge in [-0.25, -0.2) is 0 Å². The topological polar surface area (TPSA) is 53.6 Å². The van der Waals surface area contributed by atoms with Gasteiger partial charge in [0.2, 0.25) is 5.91 Å². The van der Waals surface area contributed by atoms with E-state index < -0.39 is 0 Å². The summed E-state index contributed by atoms with van der Waals surface area (Å²) in [7, 11) is 1.68. The molecule has 0 radical (unpaired) electrons. The van der Waals surface area contributed by atoms with Crippen molar-refractivity contribution < 1.29 is 9.53 Å². The van der Waals surface area contributed by atoms with Crippen molar-refractivity contribution in [3.63, 3.8) is 0 Å². The summed E-state index contributed by atoms with van der Waals surface area (Å²) in [6, 6.07) is 0. The number of methoxy groups -OCH3 is 1. The first-order valence-electron chi connectivity index (χ1n) is 7.97. The van der Waals surface area contributed by atoms with Gasteiger partial charge in [0.05, 0.1) is 12.0 Å². The van der Waals surface area contributed by atoms with Gasteiger partial charge in [0.1, 0.15) is 0 Å². The first kappa shape index (κ1) is 15.7. The zero-order chi connectivity index (χ0) is 14.3. The minimum absolute atomic E-state index is 0.183. The Hall–Kier alpha value is -0.650. The molecule has 0 unspecified atom stereocenters. The number of hydrogen-bond donors (Lipinski definition) is 2. The van der Waals surface area contributed by atoms with Gasteiger partial charge in [-0.3, -0.25) is 4.79 Å². The third kappa shape index (κ3) is 4.17. The van der Waals surface area contributed by atoms with Crippen LogP contribution in [0.1, 0.15) is 32.1 Å². The molecule has 20 heavy (non-hydrogen) atoms. The molecule has 0 atom stereocenters. The van der Waals surface area contributed by atoms with Crippen LogP contribution in [-0.4, -0.2) is 63.8 Å². The molecule has 0 aromatic rings. The van der Waals surface area contributed by atoms with Crippen LogP contribution in [-0.2, 0) is 9.53 Å². The van der Waals surface area contributed by atoms with Crippen LogP contribution in [0.4, 0.5) is 0 Å². The number of nitrogens with zero attached hydrogens (tertiary/aromatic N) is 1. The van der Waals surface area contributed by atoms with Crippen LogP contribution < -0.4 is 10.6 Å². The second-order valence-electron chi connectivity index (χ2n) is 6.12. The van der Waals surface area contributed by atoms with Gasteiger partial charge in [0.15, 0.2) is 0 Å². The minimum Gasteiger partial charge on any atom is -0.384 e. The summed E-state index contributed by atoms with van der Waals surface area (Å²) in [6.07, 6.45) is 5.46. The van der Waals surface area contributed by atoms with Crippen LogP contribution in [0.3, 0.4) is 0 Å². The number of rotatable bonds is 7. The number of hydrogen-bond acceptors (Lipinski definition) is 4. The molecule has 2 saturated heterocycles. The fraction of sp³-hybridized carbons (Fsp3) is 0.933. The molecule has 2 heterocycles. The predicted octanol–water partition coefficient (Wildman–Crippen LogP) is 0.605. The SMILES string of the molecule is COCC1(C(=O)NCCCN2CCCC2)CCNCC1. The number of piperidine rings is 1. The van der Waals surface area contributed by atoms with E-state index in [2.05, 4.69) is 15.5 Å². The lowest BCUT2D eigenvalue weighted by atomic mass is 9.78. The Morgan fingerprint density at radius 3 is 2.65 bits per heavy atom. The van der Waals surface area contributed by atoms with Crippen molar-refractivity contribution in [2.75, 3.05) is 53.0 Å². The number of ether oxygens (including phenoxy) is 1. The van der Waals surface area contributed by atoms with Gasteiger partial charge >= 0.3 is 0 Å². The summed E-state index contributed by atoms with van der Waals surface area (Å²) in [5.41, 5.74) is -0.312. The van der Waals surface area contributed by atoms with E-state index in [9.17, 15) is 4.79 Å². The van der Waals surface area contributed by atoms with E-state index in [1.165, 1.54) is 25.9 Å². The Balaban J connectivity index is 1.70. The molecule has 2 aliphatic rings. The molecule has 116 valence electrons. The van der Waals surface area contributed by atoms with E-state index in [1.807, 2.05) is 0 Å². The maximum absolute atomic E-state index is 12.5. The van der Waals surface area contributed by atoms with E-state index in [0.29, 0.717) is 6.61 Å². The number of likely N-dealkylation sites (tertiary alicyclic amines) is 1. The second-order valence-corrected chi connectivity index (χ2v) is 6.12. The van der Waals surface area contributed by atoms with Crippen molar-refractivity contribution in [1.82, 2.24) is 15.5 Å². The average Bonchev–Trinajstić information content (AvgIpc) is 2.98. The van der Waals surface area contributed by atoms with Crippen molar-refractivity contribution in [3.05, 3.63) is 0 Å². The van der Waals surface area contributed by atoms with Crippen molar-refractivity contribution in [2.24, 2.45) is 5.41 Å². The van der Waals surface area contributed by atoms with Crippen molar-refractivity contribution in [1.29, 1.82) is 0 Å². The highest BCUT2D eigenvalue weighted by molar-refractivity contribution is 5.82. The fourth-order valence-corrected chi connectivity index (χ4v) is 3.32. The van der Waals surface area contributed by atoms with E-state index in [4.69, 9.17) is 4.74 Å². The van der Waals surface area contributed by atoms with Crippen molar-refractivity contribution >= 4 is 5.91 Å². The van der Waals surface area contributed by atoms with Gasteiger partial charge in [-0.05, 0) is 64.8 Å². The average molecular weight is 283 g/mol. The summed E-state index contributed by atoms with van der Waals surface area (Å²) in [5.74, 6) is 0.183. The number of amides is 1. The van der Waals surface area contributed by atoms with E-state index in [0.717, 1.165) is 45.4 Å². The van der Waals surface area contributed by atoms with Gasteiger partial charge < -0.3 is 20.3 Å². The minimum atomic E-state index is -0.312. The Morgan fingerprint density at radius 2 is 2.00 bits per heavy atom. The summed E-state index contributed by atoms with van der Waals surface area (Å²) < 4.78 is 5.30. The molecule has 0 aliphatic carbocycles. The lowest BCUT2D eigenvalue weighted by Gasteiger charge is -2.35. The highest BCUT2D eigenvalue weighted by atomic mass is 16.5. The Morgan fingerprint density at radius 1 is 1.30 bits per heavy atom. The molecule has 2 fully saturated rings. The standard InChI is InChI=1S/C15H29N3O2/c1-20-13-15(5-8-16-9-6-15)14(19)17-7-4-12-18-10-2-3-11-18/h16H,2-13H2,1H3,(H,17,19). The van der Waals surface area contributed by atoms with Crippen LogP contribution in [0.2, 0.25) is 0 Å². The second kappa shape index (κ2) is 7.96. The molecule has 5 heteroatoms. The quantitative estimate of drug-likeness (QED) is 0.672. The molecule has 2 aliphatic heterocycles. The molecule has 0 spiro atoms. The molecular formula is C15H29N3O2. The lowest BCUT2D eigenvalue weighted by molar-refractivity contribution is -0.136. The van der Waals surface area contributed by atoms with Gasteiger partial charge in [0, 0.05) is 13.7 Å². The van der Waals surface area contributed by atoms with Crippen LogP contribution in [0.25, 0.3) is 0 Å². The van der Waals surface area contributed by atoms with Gasteiger partial charge in [0.25, 0.3) is 0 Å². The smallest absolute Gasteiger partial charge is 0.228 e. The number of carbonyl (C=O) groups excluding carboxylic acids is 1. The lowest BCUT2D eigenvalue weighted by Crippen LogP contribution is -2.50. The Kier molecular flexibility index (Phi) is 6.26. The summed E-state index contributed by atoms with van der Waals surface area (Å²) in [5, 5.41) is 6.44. The largest absolute Gasteiger partial charge is 0.384 e. The number of nitrogens with one attached hydrogen (secondary N) is 2. The molecule has 0 saturated carbocycles. The monoisotopic (exact) mass is 283 g/mol. The van der Waals surface area contributed by atoms with Crippen LogP contribution >= 0.6 is 0 Å². The number of carbonyl (C=O) groups is 1. The molecular weight excluding hydrogens is 254 g/mol. The summed E-state index contributed by atoms with van der Waals surface area (Å²) >= 11 is 0. The Labute approximate surface area is 122 Å². The molecule has 0 aromatic carbocycles. The molecule has 0 bridgehead atoms. The molecule has 5 nitrogen and oxygen atoms in total. The van der Waals surface area contributed by atoms with Gasteiger partial charge in [-0.15, -0.1) is 0 Å². The van der Waals surface area contributed by atoms with Crippen LogP contribution in [0, 0.1) is 5.41 Å². The summed E-state index contributed by atoms with van der Waals surface area (Å²) in [6.45, 7) is 6.70. The normalized spacial score (nSPS) is 22.9. The maximum atomic E-state index is 12.5. The highest BCUT2D eigenvalue weighted by Gasteiger charge is 2.39. The van der Waals surface area contributed by atoms with Gasteiger partial charge in [-0.2, -0.15) is 0 Å². The first-order valence-corrected chi connectivity index (χ1v) is 7.97. The zero-order valence-electron chi connectivity index (χ0n) is 12.7. The predicted molar refractivity (Wildman–Crippen MR) is 79.7 cm³/mol. The molecule has 1 amide bonds. The van der Waals surface area contributed by atoms with E-state index >= 15 is 0 Å². The third-order valence-corrected chi connectivity index (χ3v) is 4.60. The molecule has 2 N–H and O–H groups in total. The van der Waals surface area contributed by atoms with Crippen molar-refractivity contribution in [3.8, 4) is 0 Å². The Bertz CT molecular complexity index is 292. The van der Waals surface area contributed by atoms with E-state index in [-0.39, 0.29) is 11.3 Å². The zero-order valence-corrected chi connectivity index (χ0v) is 12.7. The van der Waals surface area contributed by atoms with E-state index in [1.54, 1.807) is 7.11 Å². The van der Waals surface area contributed by atoms with Gasteiger partial charge in [-0.1, -0.05) is 0 Å². The molecule has 0 aromatic heterocycles.